The van der Waals surface area contributed by atoms with E-state index in [2.05, 4.69) is 10.6 Å². The van der Waals surface area contributed by atoms with Crippen LogP contribution in [0.25, 0.3) is 0 Å². The molecular weight excluding hydrogens is 266 g/mol. The van der Waals surface area contributed by atoms with E-state index >= 15 is 0 Å². The molecule has 8 nitrogen and oxygen atoms in total. The lowest BCUT2D eigenvalue weighted by molar-refractivity contribution is -0.384. The van der Waals surface area contributed by atoms with Crippen LogP contribution in [-0.2, 0) is 4.79 Å². The van der Waals surface area contributed by atoms with E-state index in [-0.39, 0.29) is 22.8 Å². The van der Waals surface area contributed by atoms with E-state index < -0.39 is 16.9 Å². The Hall–Kier alpha value is -2.64. The fourth-order valence-corrected chi connectivity index (χ4v) is 1.57. The Kier molecular flexibility index (Phi) is 5.01. The highest BCUT2D eigenvalue weighted by molar-refractivity contribution is 5.91. The van der Waals surface area contributed by atoms with Crippen LogP contribution >= 0.6 is 0 Å². The SMILES string of the molecule is CCNC(=O)C(C)Nc1cc(C(=O)O)ccc1[N+](=O)[O-]. The van der Waals surface area contributed by atoms with Crippen molar-refractivity contribution in [2.75, 3.05) is 11.9 Å². The van der Waals surface area contributed by atoms with Crippen molar-refractivity contribution in [2.24, 2.45) is 0 Å². The molecule has 1 aromatic carbocycles. The summed E-state index contributed by atoms with van der Waals surface area (Å²) in [6.07, 6.45) is 0. The fraction of sp³-hybridized carbons (Fsp3) is 0.333. The van der Waals surface area contributed by atoms with E-state index in [0.29, 0.717) is 6.54 Å². The molecule has 20 heavy (non-hydrogen) atoms. The summed E-state index contributed by atoms with van der Waals surface area (Å²) in [6.45, 7) is 3.71. The number of hydrogen-bond acceptors (Lipinski definition) is 5. The van der Waals surface area contributed by atoms with Crippen molar-refractivity contribution < 1.29 is 19.6 Å². The molecule has 1 atom stereocenters. The van der Waals surface area contributed by atoms with E-state index in [4.69, 9.17) is 5.11 Å². The number of benzene rings is 1. The average Bonchev–Trinajstić information content (AvgIpc) is 2.38. The maximum Gasteiger partial charge on any atom is 0.335 e. The van der Waals surface area contributed by atoms with E-state index in [1.807, 2.05) is 0 Å². The lowest BCUT2D eigenvalue weighted by Gasteiger charge is -2.15. The molecule has 1 rings (SSSR count). The first-order valence-electron chi connectivity index (χ1n) is 5.92. The number of amides is 1. The van der Waals surface area contributed by atoms with Crippen molar-refractivity contribution in [3.8, 4) is 0 Å². The van der Waals surface area contributed by atoms with Gasteiger partial charge in [-0.1, -0.05) is 0 Å². The van der Waals surface area contributed by atoms with Gasteiger partial charge in [0.05, 0.1) is 10.5 Å². The summed E-state index contributed by atoms with van der Waals surface area (Å²) < 4.78 is 0. The normalized spacial score (nSPS) is 11.5. The van der Waals surface area contributed by atoms with E-state index in [1.54, 1.807) is 6.92 Å². The molecule has 8 heteroatoms. The quantitative estimate of drug-likeness (QED) is 0.532. The molecule has 0 aromatic heterocycles. The molecule has 0 fully saturated rings. The Morgan fingerprint density at radius 3 is 2.60 bits per heavy atom. The molecule has 0 aliphatic carbocycles. The summed E-state index contributed by atoms with van der Waals surface area (Å²) in [6, 6.07) is 2.65. The summed E-state index contributed by atoms with van der Waals surface area (Å²) in [5.41, 5.74) is -0.388. The second kappa shape index (κ2) is 6.50. The molecule has 0 radical (unpaired) electrons. The van der Waals surface area contributed by atoms with Gasteiger partial charge in [0.2, 0.25) is 5.91 Å². The van der Waals surface area contributed by atoms with Crippen molar-refractivity contribution in [1.82, 2.24) is 5.32 Å². The van der Waals surface area contributed by atoms with Gasteiger partial charge >= 0.3 is 5.97 Å². The van der Waals surface area contributed by atoms with Crippen LogP contribution in [-0.4, -0.2) is 34.5 Å². The molecule has 0 spiro atoms. The second-order valence-electron chi connectivity index (χ2n) is 4.05. The van der Waals surface area contributed by atoms with Crippen molar-refractivity contribution in [3.05, 3.63) is 33.9 Å². The topological polar surface area (TPSA) is 122 Å². The van der Waals surface area contributed by atoms with Crippen molar-refractivity contribution in [2.45, 2.75) is 19.9 Å². The lowest BCUT2D eigenvalue weighted by atomic mass is 10.1. The number of carbonyl (C=O) groups excluding carboxylic acids is 1. The Morgan fingerprint density at radius 2 is 2.10 bits per heavy atom. The molecule has 3 N–H and O–H groups in total. The fourth-order valence-electron chi connectivity index (χ4n) is 1.57. The first kappa shape index (κ1) is 15.4. The second-order valence-corrected chi connectivity index (χ2v) is 4.05. The predicted molar refractivity (Wildman–Crippen MR) is 71.8 cm³/mol. The number of carbonyl (C=O) groups is 2. The van der Waals surface area contributed by atoms with Crippen molar-refractivity contribution >= 4 is 23.3 Å². The Bertz CT molecular complexity index is 544. The molecule has 0 saturated carbocycles. The van der Waals surface area contributed by atoms with Gasteiger partial charge in [-0.15, -0.1) is 0 Å². The van der Waals surface area contributed by atoms with Gasteiger partial charge in [0.25, 0.3) is 5.69 Å². The molecule has 1 aromatic rings. The number of carboxylic acid groups (broad SMARTS) is 1. The molecule has 0 saturated heterocycles. The van der Waals surface area contributed by atoms with Gasteiger partial charge in [-0.2, -0.15) is 0 Å². The first-order valence-corrected chi connectivity index (χ1v) is 5.92. The van der Waals surface area contributed by atoms with Crippen LogP contribution in [0.15, 0.2) is 18.2 Å². The van der Waals surface area contributed by atoms with Crippen LogP contribution in [0.5, 0.6) is 0 Å². The minimum Gasteiger partial charge on any atom is -0.478 e. The zero-order valence-corrected chi connectivity index (χ0v) is 11.0. The summed E-state index contributed by atoms with van der Waals surface area (Å²) in [4.78, 5) is 32.7. The highest BCUT2D eigenvalue weighted by Gasteiger charge is 2.20. The highest BCUT2D eigenvalue weighted by atomic mass is 16.6. The standard InChI is InChI=1S/C12H15N3O5/c1-3-13-11(16)7(2)14-9-6-8(12(17)18)4-5-10(9)15(19)20/h4-7,14H,3H2,1-2H3,(H,13,16)(H,17,18). The number of anilines is 1. The van der Waals surface area contributed by atoms with Crippen LogP contribution in [0.1, 0.15) is 24.2 Å². The lowest BCUT2D eigenvalue weighted by Crippen LogP contribution is -2.37. The molecule has 1 amide bonds. The van der Waals surface area contributed by atoms with Crippen LogP contribution in [0.3, 0.4) is 0 Å². The number of rotatable bonds is 6. The van der Waals surface area contributed by atoms with E-state index in [1.165, 1.54) is 6.92 Å². The first-order chi connectivity index (χ1) is 9.36. The Balaban J connectivity index is 3.07. The van der Waals surface area contributed by atoms with Crippen LogP contribution in [0, 0.1) is 10.1 Å². The van der Waals surface area contributed by atoms with E-state index in [0.717, 1.165) is 18.2 Å². The number of aromatic carboxylic acids is 1. The Labute approximate surface area is 114 Å². The van der Waals surface area contributed by atoms with Crippen LogP contribution in [0.4, 0.5) is 11.4 Å². The third-order valence-corrected chi connectivity index (χ3v) is 2.56. The number of nitro benzene ring substituents is 1. The molecule has 1 unspecified atom stereocenters. The van der Waals surface area contributed by atoms with Crippen molar-refractivity contribution in [3.63, 3.8) is 0 Å². The van der Waals surface area contributed by atoms with Gasteiger partial charge in [-0.3, -0.25) is 14.9 Å². The van der Waals surface area contributed by atoms with Gasteiger partial charge in [0.1, 0.15) is 11.7 Å². The van der Waals surface area contributed by atoms with Gasteiger partial charge in [-0.25, -0.2) is 4.79 Å². The molecule has 108 valence electrons. The van der Waals surface area contributed by atoms with Gasteiger partial charge in [-0.05, 0) is 26.0 Å². The average molecular weight is 281 g/mol. The zero-order valence-electron chi connectivity index (χ0n) is 11.0. The smallest absolute Gasteiger partial charge is 0.335 e. The number of carboxylic acids is 1. The summed E-state index contributed by atoms with van der Waals surface area (Å²) in [5, 5.41) is 25.0. The molecular formula is C12H15N3O5. The predicted octanol–water partition coefficient (Wildman–Crippen LogP) is 1.23. The number of nitro groups is 1. The minimum absolute atomic E-state index is 0.00588. The maximum absolute atomic E-state index is 11.6. The molecule has 0 aliphatic rings. The summed E-state index contributed by atoms with van der Waals surface area (Å²) in [5.74, 6) is -1.53. The van der Waals surface area contributed by atoms with Crippen LogP contribution in [0.2, 0.25) is 0 Å². The van der Waals surface area contributed by atoms with Gasteiger partial charge < -0.3 is 15.7 Å². The summed E-state index contributed by atoms with van der Waals surface area (Å²) >= 11 is 0. The third-order valence-electron chi connectivity index (χ3n) is 2.56. The number of nitrogens with zero attached hydrogens (tertiary/aromatic N) is 1. The molecule has 0 heterocycles. The number of hydrogen-bond donors (Lipinski definition) is 3. The van der Waals surface area contributed by atoms with Gasteiger partial charge in [0, 0.05) is 12.6 Å². The number of likely N-dealkylation sites (N-methyl/N-ethyl adjacent to an activating group) is 1. The summed E-state index contributed by atoms with van der Waals surface area (Å²) in [7, 11) is 0. The number of nitrogens with one attached hydrogen (secondary N) is 2. The van der Waals surface area contributed by atoms with E-state index in [9.17, 15) is 19.7 Å². The zero-order chi connectivity index (χ0) is 15.3. The highest BCUT2D eigenvalue weighted by Crippen LogP contribution is 2.26. The Morgan fingerprint density at radius 1 is 1.45 bits per heavy atom. The molecule has 0 aliphatic heterocycles. The van der Waals surface area contributed by atoms with Crippen LogP contribution < -0.4 is 10.6 Å². The van der Waals surface area contributed by atoms with Crippen molar-refractivity contribution in [1.29, 1.82) is 0 Å². The maximum atomic E-state index is 11.6. The third kappa shape index (κ3) is 3.67. The monoisotopic (exact) mass is 281 g/mol. The van der Waals surface area contributed by atoms with Gasteiger partial charge in [0.15, 0.2) is 0 Å². The minimum atomic E-state index is -1.20. The largest absolute Gasteiger partial charge is 0.478 e. The molecule has 0 bridgehead atoms.